The Labute approximate surface area is 228 Å². The summed E-state index contributed by atoms with van der Waals surface area (Å²) in [7, 11) is 0. The fraction of sp³-hybridized carbons (Fsp3) is 0. The average molecular weight is 537 g/mol. The highest BCUT2D eigenvalue weighted by Crippen LogP contribution is 2.29. The number of benzene rings is 3. The number of hydrogen-bond donors (Lipinski definition) is 4. The van der Waals surface area contributed by atoms with Crippen molar-refractivity contribution in [2.24, 2.45) is 0 Å². The Balaban J connectivity index is 1.25. The molecule has 0 saturated carbocycles. The minimum Gasteiger partial charge on any atom is -0.361 e. The molecule has 3 aromatic carbocycles. The lowest BCUT2D eigenvalue weighted by molar-refractivity contribution is -0.132. The molecule has 0 fully saturated rings. The van der Waals surface area contributed by atoms with Crippen LogP contribution in [0.4, 0.5) is 28.6 Å². The zero-order valence-corrected chi connectivity index (χ0v) is 21.1. The molecule has 0 bridgehead atoms. The fourth-order valence-electron chi connectivity index (χ4n) is 3.77. The van der Waals surface area contributed by atoms with Crippen LogP contribution in [0.1, 0.15) is 15.9 Å². The number of rotatable bonds is 6. The maximum Gasteiger partial charge on any atom is 0.314 e. The van der Waals surface area contributed by atoms with E-state index in [1.807, 2.05) is 24.3 Å². The van der Waals surface area contributed by atoms with E-state index < -0.39 is 11.8 Å². The molecule has 9 nitrogen and oxygen atoms in total. The largest absolute Gasteiger partial charge is 0.361 e. The molecular formula is C29H21ClN6O3. The van der Waals surface area contributed by atoms with Gasteiger partial charge in [-0.25, -0.2) is 9.97 Å². The number of amides is 2. The van der Waals surface area contributed by atoms with Gasteiger partial charge in [0.25, 0.3) is 0 Å². The summed E-state index contributed by atoms with van der Waals surface area (Å²) < 4.78 is 0. The van der Waals surface area contributed by atoms with Crippen molar-refractivity contribution in [2.75, 3.05) is 21.3 Å². The summed E-state index contributed by atoms with van der Waals surface area (Å²) in [6.07, 6.45) is 6.59. The summed E-state index contributed by atoms with van der Waals surface area (Å²) in [6, 6.07) is 23.2. The van der Waals surface area contributed by atoms with Gasteiger partial charge in [0.2, 0.25) is 0 Å². The molecule has 0 aliphatic heterocycles. The fourth-order valence-corrected chi connectivity index (χ4v) is 3.95. The number of nitrogens with zero attached hydrogens (tertiary/aromatic N) is 2. The number of para-hydroxylation sites is 1. The number of allylic oxidation sites excluding steroid dienone is 2. The number of aromatic nitrogens is 2. The number of halogens is 1. The van der Waals surface area contributed by atoms with Gasteiger partial charge in [-0.15, -0.1) is 0 Å². The first-order valence-electron chi connectivity index (χ1n) is 11.8. The lowest BCUT2D eigenvalue weighted by Gasteiger charge is -2.14. The van der Waals surface area contributed by atoms with Crippen molar-refractivity contribution in [1.82, 2.24) is 9.97 Å². The van der Waals surface area contributed by atoms with Crippen LogP contribution in [-0.4, -0.2) is 27.6 Å². The Kier molecular flexibility index (Phi) is 7.42. The van der Waals surface area contributed by atoms with Gasteiger partial charge in [0, 0.05) is 34.4 Å². The molecule has 4 aromatic rings. The molecule has 192 valence electrons. The molecular weight excluding hydrogens is 516 g/mol. The second-order valence-corrected chi connectivity index (χ2v) is 8.72. The van der Waals surface area contributed by atoms with Crippen LogP contribution in [0.3, 0.4) is 0 Å². The van der Waals surface area contributed by atoms with Crippen LogP contribution in [0.2, 0.25) is 5.15 Å². The molecule has 4 N–H and O–H groups in total. The maximum absolute atomic E-state index is 12.7. The van der Waals surface area contributed by atoms with E-state index in [9.17, 15) is 14.4 Å². The molecule has 0 atom stereocenters. The molecule has 1 aliphatic carbocycles. The number of hydrogen-bond acceptors (Lipinski definition) is 7. The van der Waals surface area contributed by atoms with E-state index in [1.165, 1.54) is 6.33 Å². The van der Waals surface area contributed by atoms with E-state index in [4.69, 9.17) is 11.6 Å². The van der Waals surface area contributed by atoms with E-state index in [2.05, 4.69) is 31.2 Å². The smallest absolute Gasteiger partial charge is 0.314 e. The molecule has 0 radical (unpaired) electrons. The van der Waals surface area contributed by atoms with Crippen molar-refractivity contribution in [3.8, 4) is 0 Å². The minimum absolute atomic E-state index is 0.0370. The minimum atomic E-state index is -0.930. The molecule has 5 rings (SSSR count). The normalized spacial score (nSPS) is 12.9. The van der Waals surface area contributed by atoms with Gasteiger partial charge < -0.3 is 21.3 Å². The summed E-state index contributed by atoms with van der Waals surface area (Å²) >= 11 is 6.20. The predicted octanol–water partition coefficient (Wildman–Crippen LogP) is 5.66. The van der Waals surface area contributed by atoms with E-state index in [-0.39, 0.29) is 22.4 Å². The van der Waals surface area contributed by atoms with Gasteiger partial charge >= 0.3 is 11.8 Å². The van der Waals surface area contributed by atoms with E-state index >= 15 is 0 Å². The molecule has 0 unspecified atom stereocenters. The first-order valence-corrected chi connectivity index (χ1v) is 12.2. The zero-order chi connectivity index (χ0) is 27.2. The van der Waals surface area contributed by atoms with Gasteiger partial charge in [0.15, 0.2) is 16.8 Å². The monoisotopic (exact) mass is 536 g/mol. The molecule has 1 aliphatic rings. The highest BCUT2D eigenvalue weighted by atomic mass is 35.5. The third-order valence-corrected chi connectivity index (χ3v) is 6.02. The van der Waals surface area contributed by atoms with Gasteiger partial charge in [-0.2, -0.15) is 0 Å². The number of Topliss-reactive ketones (excluding diaryl/α,β-unsaturated/α-hetero) is 1. The number of anilines is 5. The molecule has 2 amide bonds. The van der Waals surface area contributed by atoms with Gasteiger partial charge in [0.05, 0.1) is 0 Å². The first-order chi connectivity index (χ1) is 19.0. The Morgan fingerprint density at radius 3 is 2.23 bits per heavy atom. The van der Waals surface area contributed by atoms with Crippen LogP contribution in [-0.2, 0) is 9.59 Å². The van der Waals surface area contributed by atoms with E-state index in [0.717, 1.165) is 11.3 Å². The number of ketones is 1. The van der Waals surface area contributed by atoms with Crippen molar-refractivity contribution in [1.29, 1.82) is 0 Å². The Bertz CT molecular complexity index is 1620. The Hall–Kier alpha value is -5.28. The topological polar surface area (TPSA) is 125 Å². The molecule has 10 heteroatoms. The summed E-state index contributed by atoms with van der Waals surface area (Å²) in [4.78, 5) is 45.6. The molecule has 0 spiro atoms. The molecule has 0 saturated heterocycles. The van der Waals surface area contributed by atoms with Gasteiger partial charge in [-0.05, 0) is 48.0 Å². The van der Waals surface area contributed by atoms with Crippen LogP contribution in [0, 0.1) is 0 Å². The third kappa shape index (κ3) is 6.00. The maximum atomic E-state index is 12.7. The lowest BCUT2D eigenvalue weighted by atomic mass is 9.93. The van der Waals surface area contributed by atoms with Crippen LogP contribution < -0.4 is 21.3 Å². The van der Waals surface area contributed by atoms with Crippen molar-refractivity contribution in [3.63, 3.8) is 0 Å². The van der Waals surface area contributed by atoms with E-state index in [1.54, 1.807) is 72.9 Å². The van der Waals surface area contributed by atoms with Crippen molar-refractivity contribution in [3.05, 3.63) is 119 Å². The SMILES string of the molecule is O=C(Nc1ccccc1)C(=O)Nc1c(Cl)ncnc1Nc1ccc(NC=C2C=Cc3ccccc3C2=O)cc1. The first kappa shape index (κ1) is 25.4. The molecule has 39 heavy (non-hydrogen) atoms. The number of fused-ring (bicyclic) bond motifs is 1. The van der Waals surface area contributed by atoms with Crippen molar-refractivity contribution in [2.45, 2.75) is 0 Å². The van der Waals surface area contributed by atoms with Crippen LogP contribution in [0.5, 0.6) is 0 Å². The van der Waals surface area contributed by atoms with E-state index in [0.29, 0.717) is 22.5 Å². The van der Waals surface area contributed by atoms with Crippen LogP contribution in [0.25, 0.3) is 6.08 Å². The summed E-state index contributed by atoms with van der Waals surface area (Å²) in [6.45, 7) is 0. The highest BCUT2D eigenvalue weighted by Gasteiger charge is 2.20. The van der Waals surface area contributed by atoms with Crippen LogP contribution >= 0.6 is 11.6 Å². The average Bonchev–Trinajstić information content (AvgIpc) is 2.96. The Morgan fingerprint density at radius 1 is 0.744 bits per heavy atom. The van der Waals surface area contributed by atoms with Crippen molar-refractivity contribution >= 4 is 63.8 Å². The third-order valence-electron chi connectivity index (χ3n) is 5.73. The Morgan fingerprint density at radius 2 is 1.44 bits per heavy atom. The number of nitrogens with one attached hydrogen (secondary N) is 4. The molecule has 1 heterocycles. The molecule has 1 aromatic heterocycles. The standard InChI is InChI=1S/C29H21ClN6O3/c30-26-24(36-29(39)28(38)35-21-7-2-1-3-8-21)27(33-17-32-26)34-22-14-12-20(13-15-22)31-16-19-11-10-18-6-4-5-9-23(18)25(19)37/h1-17,31H,(H,35,38)(H,36,39)(H,32,33,34). The number of carbonyl (C=O) groups is 3. The second kappa shape index (κ2) is 11.4. The van der Waals surface area contributed by atoms with Gasteiger partial charge in [-0.3, -0.25) is 14.4 Å². The summed E-state index contributed by atoms with van der Waals surface area (Å²) in [5.41, 5.74) is 4.02. The second-order valence-electron chi connectivity index (χ2n) is 8.36. The summed E-state index contributed by atoms with van der Waals surface area (Å²) in [5.74, 6) is -1.65. The highest BCUT2D eigenvalue weighted by molar-refractivity contribution is 6.45. The summed E-state index contributed by atoms with van der Waals surface area (Å²) in [5, 5.41) is 11.1. The zero-order valence-electron chi connectivity index (χ0n) is 20.3. The van der Waals surface area contributed by atoms with Crippen molar-refractivity contribution < 1.29 is 14.4 Å². The van der Waals surface area contributed by atoms with Gasteiger partial charge in [0.1, 0.15) is 12.0 Å². The van der Waals surface area contributed by atoms with Gasteiger partial charge in [-0.1, -0.05) is 60.1 Å². The number of carbonyl (C=O) groups excluding carboxylic acids is 3. The van der Waals surface area contributed by atoms with Crippen LogP contribution in [0.15, 0.2) is 103 Å². The quantitative estimate of drug-likeness (QED) is 0.142. The lowest BCUT2D eigenvalue weighted by Crippen LogP contribution is -2.29. The predicted molar refractivity (Wildman–Crippen MR) is 152 cm³/mol.